The number of amides is 1. The molecular formula is C25H31ClFN3O2. The Hall–Kier alpha value is -1.99. The van der Waals surface area contributed by atoms with E-state index in [1.807, 2.05) is 0 Å². The molecule has 172 valence electrons. The lowest BCUT2D eigenvalue weighted by molar-refractivity contribution is -0.126. The number of halogens is 2. The van der Waals surface area contributed by atoms with Crippen LogP contribution in [0, 0.1) is 11.7 Å². The zero-order valence-electron chi connectivity index (χ0n) is 18.4. The highest BCUT2D eigenvalue weighted by atomic mass is 35.5. The summed E-state index contributed by atoms with van der Waals surface area (Å²) >= 11 is 6.15. The SMILES string of the molecule is O=C(NCc1cccc(CN2CCOCC2)c1)C1CCN(Cc2c(F)cccc2Cl)CC1. The van der Waals surface area contributed by atoms with E-state index in [-0.39, 0.29) is 17.6 Å². The predicted molar refractivity (Wildman–Crippen MR) is 124 cm³/mol. The Kier molecular flexibility index (Phi) is 8.14. The molecule has 1 N–H and O–H groups in total. The third kappa shape index (κ3) is 6.29. The molecule has 2 aromatic carbocycles. The lowest BCUT2D eigenvalue weighted by atomic mass is 9.95. The maximum Gasteiger partial charge on any atom is 0.223 e. The fraction of sp³-hybridized carbons (Fsp3) is 0.480. The first-order valence-electron chi connectivity index (χ1n) is 11.4. The van der Waals surface area contributed by atoms with Crippen LogP contribution >= 0.6 is 11.6 Å². The molecule has 2 fully saturated rings. The summed E-state index contributed by atoms with van der Waals surface area (Å²) in [6.45, 7) is 6.97. The summed E-state index contributed by atoms with van der Waals surface area (Å²) in [7, 11) is 0. The smallest absolute Gasteiger partial charge is 0.223 e. The van der Waals surface area contributed by atoms with Gasteiger partial charge in [-0.3, -0.25) is 14.6 Å². The molecule has 0 aromatic heterocycles. The number of benzene rings is 2. The van der Waals surface area contributed by atoms with Crippen LogP contribution in [0.3, 0.4) is 0 Å². The third-order valence-electron chi connectivity index (χ3n) is 6.37. The number of ether oxygens (including phenoxy) is 1. The third-order valence-corrected chi connectivity index (χ3v) is 6.72. The van der Waals surface area contributed by atoms with Crippen LogP contribution in [0.4, 0.5) is 4.39 Å². The van der Waals surface area contributed by atoms with Gasteiger partial charge in [0, 0.05) is 49.2 Å². The van der Waals surface area contributed by atoms with E-state index in [0.717, 1.165) is 64.3 Å². The van der Waals surface area contributed by atoms with Crippen molar-refractivity contribution in [3.8, 4) is 0 Å². The number of nitrogens with one attached hydrogen (secondary N) is 1. The average molecular weight is 460 g/mol. The van der Waals surface area contributed by atoms with Gasteiger partial charge in [-0.05, 0) is 49.2 Å². The second kappa shape index (κ2) is 11.2. The minimum Gasteiger partial charge on any atom is -0.379 e. The number of carbonyl (C=O) groups is 1. The van der Waals surface area contributed by atoms with E-state index in [0.29, 0.717) is 23.7 Å². The van der Waals surface area contributed by atoms with Crippen molar-refractivity contribution in [1.82, 2.24) is 15.1 Å². The fourth-order valence-electron chi connectivity index (χ4n) is 4.45. The Bertz CT molecular complexity index is 892. The summed E-state index contributed by atoms with van der Waals surface area (Å²) in [5.74, 6) is -0.167. The first-order valence-corrected chi connectivity index (χ1v) is 11.8. The molecule has 0 unspecified atom stereocenters. The van der Waals surface area contributed by atoms with Crippen molar-refractivity contribution < 1.29 is 13.9 Å². The topological polar surface area (TPSA) is 44.8 Å². The summed E-state index contributed by atoms with van der Waals surface area (Å²) in [5, 5.41) is 3.57. The number of likely N-dealkylation sites (tertiary alicyclic amines) is 1. The van der Waals surface area contributed by atoms with Crippen LogP contribution in [0.15, 0.2) is 42.5 Å². The van der Waals surface area contributed by atoms with Crippen LogP contribution in [0.5, 0.6) is 0 Å². The highest BCUT2D eigenvalue weighted by Gasteiger charge is 2.25. The predicted octanol–water partition coefficient (Wildman–Crippen LogP) is 3.84. The molecule has 2 aliphatic heterocycles. The Morgan fingerprint density at radius 3 is 2.44 bits per heavy atom. The van der Waals surface area contributed by atoms with Gasteiger partial charge < -0.3 is 10.1 Å². The molecular weight excluding hydrogens is 429 g/mol. The van der Waals surface area contributed by atoms with Crippen molar-refractivity contribution in [2.45, 2.75) is 32.5 Å². The quantitative estimate of drug-likeness (QED) is 0.683. The van der Waals surface area contributed by atoms with Crippen molar-refractivity contribution >= 4 is 17.5 Å². The Labute approximate surface area is 194 Å². The molecule has 0 spiro atoms. The van der Waals surface area contributed by atoms with Gasteiger partial charge in [0.1, 0.15) is 5.82 Å². The molecule has 5 nitrogen and oxygen atoms in total. The first-order chi connectivity index (χ1) is 15.6. The summed E-state index contributed by atoms with van der Waals surface area (Å²) in [6, 6.07) is 13.2. The molecule has 2 aliphatic rings. The highest BCUT2D eigenvalue weighted by Crippen LogP contribution is 2.24. The van der Waals surface area contributed by atoms with E-state index >= 15 is 0 Å². The molecule has 2 heterocycles. The molecule has 0 radical (unpaired) electrons. The number of piperidine rings is 1. The van der Waals surface area contributed by atoms with Crippen LogP contribution in [0.2, 0.25) is 5.02 Å². The average Bonchev–Trinajstić information content (AvgIpc) is 2.81. The Balaban J connectivity index is 1.23. The summed E-state index contributed by atoms with van der Waals surface area (Å²) in [6.07, 6.45) is 1.55. The number of morpholine rings is 1. The number of carbonyl (C=O) groups excluding carboxylic acids is 1. The number of rotatable bonds is 7. The van der Waals surface area contributed by atoms with Crippen molar-refractivity contribution in [3.63, 3.8) is 0 Å². The summed E-state index contributed by atoms with van der Waals surface area (Å²) in [5.41, 5.74) is 2.92. The van der Waals surface area contributed by atoms with Gasteiger partial charge in [0.05, 0.1) is 13.2 Å². The Morgan fingerprint density at radius 1 is 1.00 bits per heavy atom. The molecule has 32 heavy (non-hydrogen) atoms. The summed E-state index contributed by atoms with van der Waals surface area (Å²) in [4.78, 5) is 17.3. The van der Waals surface area contributed by atoms with E-state index in [1.165, 1.54) is 11.6 Å². The number of hydrogen-bond acceptors (Lipinski definition) is 4. The molecule has 0 bridgehead atoms. The lowest BCUT2D eigenvalue weighted by Crippen LogP contribution is -2.40. The van der Waals surface area contributed by atoms with Gasteiger partial charge in [0.15, 0.2) is 0 Å². The van der Waals surface area contributed by atoms with Crippen LogP contribution in [-0.2, 0) is 29.2 Å². The standard InChI is InChI=1S/C25H31ClFN3O2/c26-23-5-2-6-24(27)22(23)18-29-9-7-21(8-10-29)25(31)28-16-19-3-1-4-20(15-19)17-30-11-13-32-14-12-30/h1-6,15,21H,7-14,16-18H2,(H,28,31). The van der Waals surface area contributed by atoms with E-state index in [2.05, 4.69) is 39.4 Å². The van der Waals surface area contributed by atoms with E-state index in [9.17, 15) is 9.18 Å². The van der Waals surface area contributed by atoms with E-state index in [4.69, 9.17) is 16.3 Å². The summed E-state index contributed by atoms with van der Waals surface area (Å²) < 4.78 is 19.5. The van der Waals surface area contributed by atoms with Gasteiger partial charge in [-0.2, -0.15) is 0 Å². The first kappa shape index (κ1) is 23.2. The maximum atomic E-state index is 14.0. The van der Waals surface area contributed by atoms with Crippen molar-refractivity contribution in [3.05, 3.63) is 70.0 Å². The van der Waals surface area contributed by atoms with Crippen molar-refractivity contribution in [1.29, 1.82) is 0 Å². The largest absolute Gasteiger partial charge is 0.379 e. The molecule has 2 saturated heterocycles. The van der Waals surface area contributed by atoms with Gasteiger partial charge >= 0.3 is 0 Å². The molecule has 0 saturated carbocycles. The van der Waals surface area contributed by atoms with Crippen molar-refractivity contribution in [2.75, 3.05) is 39.4 Å². The zero-order valence-corrected chi connectivity index (χ0v) is 19.1. The minimum atomic E-state index is -0.270. The lowest BCUT2D eigenvalue weighted by Gasteiger charge is -2.31. The molecule has 7 heteroatoms. The van der Waals surface area contributed by atoms with Gasteiger partial charge in [-0.1, -0.05) is 41.9 Å². The van der Waals surface area contributed by atoms with Crippen molar-refractivity contribution in [2.24, 2.45) is 5.92 Å². The van der Waals surface area contributed by atoms with Gasteiger partial charge in [-0.15, -0.1) is 0 Å². The molecule has 0 atom stereocenters. The second-order valence-electron chi connectivity index (χ2n) is 8.68. The zero-order chi connectivity index (χ0) is 22.3. The van der Waals surface area contributed by atoms with E-state index < -0.39 is 0 Å². The van der Waals surface area contributed by atoms with Gasteiger partial charge in [0.2, 0.25) is 5.91 Å². The monoisotopic (exact) mass is 459 g/mol. The fourth-order valence-corrected chi connectivity index (χ4v) is 4.67. The molecule has 4 rings (SSSR count). The second-order valence-corrected chi connectivity index (χ2v) is 9.08. The normalized spacial score (nSPS) is 18.6. The molecule has 1 amide bonds. The van der Waals surface area contributed by atoms with Gasteiger partial charge in [-0.25, -0.2) is 4.39 Å². The van der Waals surface area contributed by atoms with Crippen LogP contribution in [0.1, 0.15) is 29.5 Å². The minimum absolute atomic E-state index is 0.00104. The molecule has 0 aliphatic carbocycles. The highest BCUT2D eigenvalue weighted by molar-refractivity contribution is 6.31. The maximum absolute atomic E-state index is 14.0. The van der Waals surface area contributed by atoms with E-state index in [1.54, 1.807) is 12.1 Å². The number of nitrogens with zero attached hydrogens (tertiary/aromatic N) is 2. The van der Waals surface area contributed by atoms with Gasteiger partial charge in [0.25, 0.3) is 0 Å². The van der Waals surface area contributed by atoms with Crippen LogP contribution in [-0.4, -0.2) is 55.1 Å². The molecule has 2 aromatic rings. The Morgan fingerprint density at radius 2 is 1.69 bits per heavy atom. The number of hydrogen-bond donors (Lipinski definition) is 1. The van der Waals surface area contributed by atoms with Crippen LogP contribution in [0.25, 0.3) is 0 Å². The van der Waals surface area contributed by atoms with Crippen LogP contribution < -0.4 is 5.32 Å².